The average molecular weight is 403 g/mol. The Hall–Kier alpha value is -2.98. The summed E-state index contributed by atoms with van der Waals surface area (Å²) in [5.74, 6) is -1.54. The normalized spacial score (nSPS) is 13.8. The van der Waals surface area contributed by atoms with E-state index in [9.17, 15) is 13.6 Å². The van der Waals surface area contributed by atoms with Crippen molar-refractivity contribution in [3.05, 3.63) is 63.4 Å². The maximum Gasteiger partial charge on any atom is 0.321 e. The van der Waals surface area contributed by atoms with E-state index < -0.39 is 11.6 Å². The molecule has 8 heteroatoms. The number of carbonyl (C=O) groups excluding carboxylic acids is 1. The van der Waals surface area contributed by atoms with Crippen molar-refractivity contribution in [1.29, 1.82) is 5.26 Å². The third-order valence-corrected chi connectivity index (χ3v) is 5.03. The summed E-state index contributed by atoms with van der Waals surface area (Å²) >= 11 is 6.14. The number of anilines is 1. The molecule has 0 unspecified atom stereocenters. The molecule has 3 rings (SSSR count). The molecule has 0 saturated carbocycles. The Balaban J connectivity index is 1.66. The van der Waals surface area contributed by atoms with E-state index in [1.54, 1.807) is 30.2 Å². The number of halogens is 3. The van der Waals surface area contributed by atoms with Gasteiger partial charge in [-0.2, -0.15) is 5.26 Å². The standard InChI is InChI=1S/C20H17ClF2N4O/c1-12-19(21)18(2-5-25-12)26-20(28)27-6-3-13(4-7-27)8-15-16(22)9-14(11-24)10-17(15)23/h2,5,8-10H,3-4,6-7H2,1H3,(H,25,26,28). The molecule has 1 aromatic heterocycles. The topological polar surface area (TPSA) is 69.0 Å². The molecule has 144 valence electrons. The molecule has 0 spiro atoms. The van der Waals surface area contributed by atoms with Gasteiger partial charge in [0.1, 0.15) is 11.6 Å². The lowest BCUT2D eigenvalue weighted by Crippen LogP contribution is -2.39. The molecule has 1 saturated heterocycles. The maximum atomic E-state index is 14.0. The summed E-state index contributed by atoms with van der Waals surface area (Å²) in [5.41, 5.74) is 1.72. The van der Waals surface area contributed by atoms with Crippen molar-refractivity contribution in [2.24, 2.45) is 0 Å². The number of nitriles is 1. The number of carbonyl (C=O) groups is 1. The van der Waals surface area contributed by atoms with Crippen LogP contribution in [0.3, 0.4) is 0 Å². The van der Waals surface area contributed by atoms with Gasteiger partial charge in [0.05, 0.1) is 28.0 Å². The Morgan fingerprint density at radius 2 is 1.96 bits per heavy atom. The summed E-state index contributed by atoms with van der Waals surface area (Å²) < 4.78 is 28.1. The number of likely N-dealkylation sites (tertiary alicyclic amines) is 1. The second kappa shape index (κ2) is 8.36. The Kier molecular flexibility index (Phi) is 5.90. The first-order valence-corrected chi connectivity index (χ1v) is 9.02. The van der Waals surface area contributed by atoms with Gasteiger partial charge in [0, 0.05) is 24.8 Å². The minimum atomic E-state index is -0.771. The van der Waals surface area contributed by atoms with Crippen molar-refractivity contribution in [2.45, 2.75) is 19.8 Å². The zero-order valence-electron chi connectivity index (χ0n) is 15.1. The first-order valence-electron chi connectivity index (χ1n) is 8.64. The summed E-state index contributed by atoms with van der Waals surface area (Å²) in [7, 11) is 0. The number of nitrogens with one attached hydrogen (secondary N) is 1. The average Bonchev–Trinajstić information content (AvgIpc) is 2.68. The number of amides is 2. The first-order chi connectivity index (χ1) is 13.4. The molecule has 5 nitrogen and oxygen atoms in total. The molecular weight excluding hydrogens is 386 g/mol. The maximum absolute atomic E-state index is 14.0. The van der Waals surface area contributed by atoms with E-state index in [0.717, 1.165) is 17.7 Å². The van der Waals surface area contributed by atoms with Gasteiger partial charge in [-0.3, -0.25) is 4.98 Å². The Labute approximate surface area is 166 Å². The molecular formula is C20H17ClF2N4O. The number of hydrogen-bond donors (Lipinski definition) is 1. The zero-order chi connectivity index (χ0) is 20.3. The van der Waals surface area contributed by atoms with Crippen LogP contribution in [0.2, 0.25) is 5.02 Å². The fraction of sp³-hybridized carbons (Fsp3) is 0.250. The van der Waals surface area contributed by atoms with Crippen molar-refractivity contribution in [3.8, 4) is 6.07 Å². The number of nitrogens with zero attached hydrogens (tertiary/aromatic N) is 3. The molecule has 2 aromatic rings. The SMILES string of the molecule is Cc1nccc(NC(=O)N2CCC(=Cc3c(F)cc(C#N)cc3F)CC2)c1Cl. The molecule has 1 aliphatic heterocycles. The van der Waals surface area contributed by atoms with Gasteiger partial charge in [0.15, 0.2) is 0 Å². The Morgan fingerprint density at radius 3 is 2.57 bits per heavy atom. The molecule has 1 fully saturated rings. The van der Waals surface area contributed by atoms with Crippen LogP contribution in [0.5, 0.6) is 0 Å². The molecule has 0 radical (unpaired) electrons. The zero-order valence-corrected chi connectivity index (χ0v) is 15.9. The molecule has 28 heavy (non-hydrogen) atoms. The lowest BCUT2D eigenvalue weighted by Gasteiger charge is -2.29. The van der Waals surface area contributed by atoms with Crippen LogP contribution in [0.4, 0.5) is 19.3 Å². The fourth-order valence-corrected chi connectivity index (χ4v) is 3.13. The van der Waals surface area contributed by atoms with Crippen LogP contribution in [0.25, 0.3) is 6.08 Å². The van der Waals surface area contributed by atoms with E-state index in [2.05, 4.69) is 10.3 Å². The van der Waals surface area contributed by atoms with Gasteiger partial charge >= 0.3 is 6.03 Å². The van der Waals surface area contributed by atoms with Crippen molar-refractivity contribution >= 4 is 29.4 Å². The quantitative estimate of drug-likeness (QED) is 0.776. The van der Waals surface area contributed by atoms with Gasteiger partial charge in [0.2, 0.25) is 0 Å². The van der Waals surface area contributed by atoms with Crippen LogP contribution in [0.1, 0.15) is 29.7 Å². The van der Waals surface area contributed by atoms with E-state index in [4.69, 9.17) is 16.9 Å². The molecule has 1 aliphatic rings. The number of piperidine rings is 1. The van der Waals surface area contributed by atoms with Crippen LogP contribution >= 0.6 is 11.6 Å². The highest BCUT2D eigenvalue weighted by Gasteiger charge is 2.21. The fourth-order valence-electron chi connectivity index (χ4n) is 2.97. The molecule has 1 aromatic carbocycles. The lowest BCUT2D eigenvalue weighted by molar-refractivity contribution is 0.208. The molecule has 0 bridgehead atoms. The van der Waals surface area contributed by atoms with Crippen LogP contribution < -0.4 is 5.32 Å². The highest BCUT2D eigenvalue weighted by Crippen LogP contribution is 2.26. The van der Waals surface area contributed by atoms with Gasteiger partial charge in [-0.05, 0) is 44.0 Å². The molecule has 2 amide bonds. The molecule has 0 atom stereocenters. The van der Waals surface area contributed by atoms with Crippen molar-refractivity contribution in [3.63, 3.8) is 0 Å². The van der Waals surface area contributed by atoms with E-state index in [1.807, 2.05) is 0 Å². The smallest absolute Gasteiger partial charge is 0.321 e. The van der Waals surface area contributed by atoms with E-state index >= 15 is 0 Å². The predicted octanol–water partition coefficient (Wildman–Crippen LogP) is 4.90. The number of aromatic nitrogens is 1. The van der Waals surface area contributed by atoms with Gasteiger partial charge in [-0.1, -0.05) is 17.2 Å². The second-order valence-electron chi connectivity index (χ2n) is 6.44. The van der Waals surface area contributed by atoms with Crippen LogP contribution in [-0.4, -0.2) is 29.0 Å². The first kappa shape index (κ1) is 19.8. The second-order valence-corrected chi connectivity index (χ2v) is 6.82. The van der Waals surface area contributed by atoms with Gasteiger partial charge in [0.25, 0.3) is 0 Å². The monoisotopic (exact) mass is 402 g/mol. The van der Waals surface area contributed by atoms with Crippen LogP contribution in [-0.2, 0) is 0 Å². The number of pyridine rings is 1. The third-order valence-electron chi connectivity index (χ3n) is 4.55. The largest absolute Gasteiger partial charge is 0.324 e. The summed E-state index contributed by atoms with van der Waals surface area (Å²) in [6.45, 7) is 2.58. The number of benzene rings is 1. The highest BCUT2D eigenvalue weighted by molar-refractivity contribution is 6.34. The van der Waals surface area contributed by atoms with Crippen molar-refractivity contribution < 1.29 is 13.6 Å². The predicted molar refractivity (Wildman–Crippen MR) is 103 cm³/mol. The van der Waals surface area contributed by atoms with Crippen molar-refractivity contribution in [1.82, 2.24) is 9.88 Å². The van der Waals surface area contributed by atoms with E-state index in [0.29, 0.717) is 42.3 Å². The molecule has 2 heterocycles. The van der Waals surface area contributed by atoms with Crippen molar-refractivity contribution in [2.75, 3.05) is 18.4 Å². The number of aryl methyl sites for hydroxylation is 1. The molecule has 1 N–H and O–H groups in total. The summed E-state index contributed by atoms with van der Waals surface area (Å²) in [5, 5.41) is 11.9. The van der Waals surface area contributed by atoms with Crippen LogP contribution in [0.15, 0.2) is 30.0 Å². The minimum Gasteiger partial charge on any atom is -0.324 e. The Morgan fingerprint density at radius 1 is 1.32 bits per heavy atom. The van der Waals surface area contributed by atoms with E-state index in [-0.39, 0.29) is 17.2 Å². The summed E-state index contributed by atoms with van der Waals surface area (Å²) in [4.78, 5) is 18.1. The molecule has 0 aliphatic carbocycles. The van der Waals surface area contributed by atoms with Gasteiger partial charge in [-0.15, -0.1) is 0 Å². The van der Waals surface area contributed by atoms with E-state index in [1.165, 1.54) is 6.08 Å². The Bertz CT molecular complexity index is 967. The number of urea groups is 1. The number of rotatable bonds is 2. The van der Waals surface area contributed by atoms with Gasteiger partial charge in [-0.25, -0.2) is 13.6 Å². The van der Waals surface area contributed by atoms with Gasteiger partial charge < -0.3 is 10.2 Å². The summed E-state index contributed by atoms with van der Waals surface area (Å²) in [6.07, 6.45) is 4.02. The van der Waals surface area contributed by atoms with Crippen LogP contribution in [0, 0.1) is 29.9 Å². The highest BCUT2D eigenvalue weighted by atomic mass is 35.5. The third kappa shape index (κ3) is 4.29. The lowest BCUT2D eigenvalue weighted by atomic mass is 10.00. The number of hydrogen-bond acceptors (Lipinski definition) is 3. The summed E-state index contributed by atoms with van der Waals surface area (Å²) in [6, 6.07) is 5.08. The minimum absolute atomic E-state index is 0.0614.